The first-order valence-corrected chi connectivity index (χ1v) is 7.20. The van der Waals surface area contributed by atoms with Crippen LogP contribution in [0.4, 0.5) is 4.79 Å². The van der Waals surface area contributed by atoms with Gasteiger partial charge in [-0.1, -0.05) is 11.6 Å². The van der Waals surface area contributed by atoms with Gasteiger partial charge in [-0.05, 0) is 43.5 Å². The van der Waals surface area contributed by atoms with Crippen molar-refractivity contribution in [1.82, 2.24) is 10.2 Å². The summed E-state index contributed by atoms with van der Waals surface area (Å²) in [4.78, 5) is 25.3. The zero-order chi connectivity index (χ0) is 15.6. The molecule has 1 fully saturated rings. The van der Waals surface area contributed by atoms with Crippen LogP contribution in [0.3, 0.4) is 0 Å². The predicted octanol–water partition coefficient (Wildman–Crippen LogP) is 2.53. The van der Waals surface area contributed by atoms with Crippen LogP contribution >= 0.6 is 11.6 Å². The van der Waals surface area contributed by atoms with Gasteiger partial charge in [0.2, 0.25) is 0 Å². The summed E-state index contributed by atoms with van der Waals surface area (Å²) in [5.74, 6) is -0.209. The van der Waals surface area contributed by atoms with Crippen LogP contribution in [-0.4, -0.2) is 43.1 Å². The molecule has 0 saturated carbocycles. The number of hydrogen-bond donors (Lipinski definition) is 1. The number of aryl methyl sites for hydroxylation is 2. The van der Waals surface area contributed by atoms with Crippen molar-refractivity contribution in [2.75, 3.05) is 20.2 Å². The predicted molar refractivity (Wildman–Crippen MR) is 80.8 cm³/mol. The summed E-state index contributed by atoms with van der Waals surface area (Å²) in [7, 11) is 1.35. The Morgan fingerprint density at radius 3 is 2.67 bits per heavy atom. The number of rotatable bonds is 2. The molecular formula is C15H19ClN2O3. The Morgan fingerprint density at radius 1 is 1.33 bits per heavy atom. The van der Waals surface area contributed by atoms with Crippen molar-refractivity contribution in [3.63, 3.8) is 0 Å². The van der Waals surface area contributed by atoms with Gasteiger partial charge < -0.3 is 15.0 Å². The van der Waals surface area contributed by atoms with E-state index in [1.165, 1.54) is 7.11 Å². The number of likely N-dealkylation sites (tertiary alicyclic amines) is 1. The number of amides is 2. The van der Waals surface area contributed by atoms with Crippen LogP contribution in [0, 0.1) is 13.8 Å². The van der Waals surface area contributed by atoms with Gasteiger partial charge in [0.05, 0.1) is 17.7 Å². The van der Waals surface area contributed by atoms with E-state index in [0.29, 0.717) is 30.1 Å². The fourth-order valence-corrected chi connectivity index (χ4v) is 2.70. The summed E-state index contributed by atoms with van der Waals surface area (Å²) < 4.78 is 4.67. The second kappa shape index (κ2) is 6.35. The Labute approximate surface area is 129 Å². The molecule has 6 heteroatoms. The maximum Gasteiger partial charge on any atom is 0.409 e. The van der Waals surface area contributed by atoms with Crippen molar-refractivity contribution in [1.29, 1.82) is 0 Å². The van der Waals surface area contributed by atoms with Gasteiger partial charge in [0.25, 0.3) is 5.91 Å². The van der Waals surface area contributed by atoms with Crippen LogP contribution in [0.1, 0.15) is 27.9 Å². The molecule has 0 spiro atoms. The van der Waals surface area contributed by atoms with Crippen LogP contribution in [0.25, 0.3) is 0 Å². The van der Waals surface area contributed by atoms with Gasteiger partial charge in [0.15, 0.2) is 0 Å². The fraction of sp³-hybridized carbons (Fsp3) is 0.467. The standard InChI is InChI=1S/C15H19ClN2O3/c1-9-6-12(13(16)7-10(9)2)14(19)17-11-4-5-18(8-11)15(20)21-3/h6-7,11H,4-5,8H2,1-3H3,(H,17,19)/t11-/m0/s1. The summed E-state index contributed by atoms with van der Waals surface area (Å²) in [6, 6.07) is 3.51. The van der Waals surface area contributed by atoms with E-state index < -0.39 is 0 Å². The lowest BCUT2D eigenvalue weighted by molar-refractivity contribution is 0.0934. The highest BCUT2D eigenvalue weighted by Crippen LogP contribution is 2.21. The van der Waals surface area contributed by atoms with Gasteiger partial charge >= 0.3 is 6.09 Å². The number of nitrogens with zero attached hydrogens (tertiary/aromatic N) is 1. The number of carbonyl (C=O) groups is 2. The van der Waals surface area contributed by atoms with E-state index in [1.807, 2.05) is 13.8 Å². The molecule has 0 aliphatic carbocycles. The maximum atomic E-state index is 12.3. The lowest BCUT2D eigenvalue weighted by atomic mass is 10.1. The van der Waals surface area contributed by atoms with Crippen molar-refractivity contribution >= 4 is 23.6 Å². The number of hydrogen-bond acceptors (Lipinski definition) is 3. The summed E-state index contributed by atoms with van der Waals surface area (Å²) in [6.07, 6.45) is 0.347. The largest absolute Gasteiger partial charge is 0.453 e. The van der Waals surface area contributed by atoms with Crippen LogP contribution in [0.5, 0.6) is 0 Å². The van der Waals surface area contributed by atoms with E-state index in [-0.39, 0.29) is 18.0 Å². The number of halogens is 1. The summed E-state index contributed by atoms with van der Waals surface area (Å²) in [6.45, 7) is 4.93. The zero-order valence-electron chi connectivity index (χ0n) is 12.4. The fourth-order valence-electron chi connectivity index (χ4n) is 2.39. The molecule has 1 atom stereocenters. The molecule has 0 bridgehead atoms. The first kappa shape index (κ1) is 15.6. The molecule has 2 amide bonds. The van der Waals surface area contributed by atoms with Crippen LogP contribution in [-0.2, 0) is 4.74 Å². The van der Waals surface area contributed by atoms with Crippen LogP contribution < -0.4 is 5.32 Å². The molecule has 1 aliphatic rings. The quantitative estimate of drug-likeness (QED) is 0.913. The smallest absolute Gasteiger partial charge is 0.409 e. The summed E-state index contributed by atoms with van der Waals surface area (Å²) in [5.41, 5.74) is 2.54. The van der Waals surface area contributed by atoms with E-state index >= 15 is 0 Å². The highest BCUT2D eigenvalue weighted by atomic mass is 35.5. The Balaban J connectivity index is 2.03. The van der Waals surface area contributed by atoms with Gasteiger partial charge in [0, 0.05) is 19.1 Å². The Kier molecular flexibility index (Phi) is 4.73. The number of methoxy groups -OCH3 is 1. The third-order valence-electron chi connectivity index (χ3n) is 3.78. The van der Waals surface area contributed by atoms with E-state index in [1.54, 1.807) is 17.0 Å². The normalized spacial score (nSPS) is 17.7. The SMILES string of the molecule is COC(=O)N1CC[C@H](NC(=O)c2cc(C)c(C)cc2Cl)C1. The van der Waals surface area contributed by atoms with Crippen molar-refractivity contribution in [2.45, 2.75) is 26.3 Å². The number of benzene rings is 1. The summed E-state index contributed by atoms with van der Waals surface area (Å²) >= 11 is 6.14. The highest BCUT2D eigenvalue weighted by Gasteiger charge is 2.28. The van der Waals surface area contributed by atoms with Crippen molar-refractivity contribution in [2.24, 2.45) is 0 Å². The number of carbonyl (C=O) groups excluding carboxylic acids is 2. The van der Waals surface area contributed by atoms with Gasteiger partial charge in [-0.2, -0.15) is 0 Å². The maximum absolute atomic E-state index is 12.3. The van der Waals surface area contributed by atoms with E-state index in [0.717, 1.165) is 11.1 Å². The lowest BCUT2D eigenvalue weighted by Gasteiger charge is -2.16. The molecule has 114 valence electrons. The van der Waals surface area contributed by atoms with Crippen molar-refractivity contribution in [3.05, 3.63) is 33.8 Å². The third kappa shape index (κ3) is 3.47. The molecule has 0 radical (unpaired) electrons. The topological polar surface area (TPSA) is 58.6 Å². The minimum absolute atomic E-state index is 0.0747. The monoisotopic (exact) mass is 310 g/mol. The second-order valence-electron chi connectivity index (χ2n) is 5.29. The van der Waals surface area contributed by atoms with E-state index in [9.17, 15) is 9.59 Å². The van der Waals surface area contributed by atoms with Crippen LogP contribution in [0.2, 0.25) is 5.02 Å². The average molecular weight is 311 g/mol. The first-order chi connectivity index (χ1) is 9.92. The molecule has 21 heavy (non-hydrogen) atoms. The Hall–Kier alpha value is -1.75. The van der Waals surface area contributed by atoms with E-state index in [4.69, 9.17) is 11.6 Å². The molecule has 2 rings (SSSR count). The van der Waals surface area contributed by atoms with Crippen LogP contribution in [0.15, 0.2) is 12.1 Å². The molecule has 0 unspecified atom stereocenters. The molecule has 1 aliphatic heterocycles. The third-order valence-corrected chi connectivity index (χ3v) is 4.10. The van der Waals surface area contributed by atoms with Crippen molar-refractivity contribution < 1.29 is 14.3 Å². The van der Waals surface area contributed by atoms with Gasteiger partial charge in [-0.15, -0.1) is 0 Å². The Morgan fingerprint density at radius 2 is 2.00 bits per heavy atom. The molecule has 0 aromatic heterocycles. The van der Waals surface area contributed by atoms with Gasteiger partial charge in [-0.3, -0.25) is 4.79 Å². The highest BCUT2D eigenvalue weighted by molar-refractivity contribution is 6.34. The second-order valence-corrected chi connectivity index (χ2v) is 5.70. The van der Waals surface area contributed by atoms with Crippen molar-refractivity contribution in [3.8, 4) is 0 Å². The number of ether oxygens (including phenoxy) is 1. The minimum Gasteiger partial charge on any atom is -0.453 e. The molecule has 1 aromatic carbocycles. The van der Waals surface area contributed by atoms with E-state index in [2.05, 4.69) is 10.1 Å². The molecule has 1 heterocycles. The molecular weight excluding hydrogens is 292 g/mol. The Bertz CT molecular complexity index is 574. The first-order valence-electron chi connectivity index (χ1n) is 6.83. The molecule has 1 N–H and O–H groups in total. The summed E-state index contributed by atoms with van der Waals surface area (Å²) in [5, 5.41) is 3.36. The molecule has 1 saturated heterocycles. The average Bonchev–Trinajstić information content (AvgIpc) is 2.90. The zero-order valence-corrected chi connectivity index (χ0v) is 13.2. The minimum atomic E-state index is -0.365. The number of nitrogens with one attached hydrogen (secondary N) is 1. The lowest BCUT2D eigenvalue weighted by Crippen LogP contribution is -2.38. The van der Waals surface area contributed by atoms with Gasteiger partial charge in [0.1, 0.15) is 0 Å². The molecule has 5 nitrogen and oxygen atoms in total. The molecule has 1 aromatic rings. The van der Waals surface area contributed by atoms with Gasteiger partial charge in [-0.25, -0.2) is 4.79 Å².